The van der Waals surface area contributed by atoms with Gasteiger partial charge in [0.15, 0.2) is 0 Å². The molecule has 0 aromatic rings. The van der Waals surface area contributed by atoms with Gasteiger partial charge in [-0.2, -0.15) is 0 Å². The Morgan fingerprint density at radius 3 is 2.93 bits per heavy atom. The Bertz CT molecular complexity index is 171. The molecule has 0 aliphatic heterocycles. The monoisotopic (exact) mass is 201 g/mol. The second-order valence-electron chi connectivity index (χ2n) is 3.14. The molecule has 0 aliphatic rings. The van der Waals surface area contributed by atoms with Crippen LogP contribution in [0.5, 0.6) is 0 Å². The molecule has 0 radical (unpaired) electrons. The largest absolute Gasteiger partial charge is 0.481 e. The number of rotatable bonds is 9. The highest BCUT2D eigenvalue weighted by Crippen LogP contribution is 1.89. The highest BCUT2D eigenvalue weighted by Gasteiger charge is 2.05. The fourth-order valence-electron chi connectivity index (χ4n) is 0.980. The number of hydrogen-bond acceptors (Lipinski definition) is 3. The van der Waals surface area contributed by atoms with Crippen molar-refractivity contribution in [3.05, 3.63) is 12.7 Å². The van der Waals surface area contributed by atoms with Crippen LogP contribution in [0, 0.1) is 0 Å². The van der Waals surface area contributed by atoms with Gasteiger partial charge in [0.25, 0.3) is 0 Å². The molecule has 0 saturated heterocycles. The Hall–Kier alpha value is -0.870. The summed E-state index contributed by atoms with van der Waals surface area (Å²) in [6, 6.07) is -0.00416. The van der Waals surface area contributed by atoms with E-state index in [-0.39, 0.29) is 12.5 Å². The summed E-state index contributed by atoms with van der Waals surface area (Å²) in [6.07, 6.45) is 2.80. The number of ether oxygens (including phenoxy) is 1. The third-order valence-corrected chi connectivity index (χ3v) is 1.69. The highest BCUT2D eigenvalue weighted by atomic mass is 16.5. The molecule has 0 aromatic heterocycles. The van der Waals surface area contributed by atoms with Gasteiger partial charge in [-0.15, -0.1) is 6.58 Å². The maximum atomic E-state index is 10.3. The first-order valence-corrected chi connectivity index (χ1v) is 4.80. The van der Waals surface area contributed by atoms with Gasteiger partial charge >= 0.3 is 5.97 Å². The number of carboxylic acids is 1. The van der Waals surface area contributed by atoms with E-state index in [1.165, 1.54) is 0 Å². The first kappa shape index (κ1) is 13.1. The summed E-state index contributed by atoms with van der Waals surface area (Å²) in [5.41, 5.74) is 0. The van der Waals surface area contributed by atoms with Gasteiger partial charge in [-0.1, -0.05) is 6.08 Å². The van der Waals surface area contributed by atoms with Crippen LogP contribution >= 0.6 is 0 Å². The van der Waals surface area contributed by atoms with Gasteiger partial charge in [0, 0.05) is 12.6 Å². The van der Waals surface area contributed by atoms with E-state index >= 15 is 0 Å². The van der Waals surface area contributed by atoms with Crippen LogP contribution in [0.4, 0.5) is 0 Å². The number of aliphatic carboxylic acids is 1. The summed E-state index contributed by atoms with van der Waals surface area (Å²) in [7, 11) is 0. The Labute approximate surface area is 85.0 Å². The van der Waals surface area contributed by atoms with Crippen molar-refractivity contribution in [2.24, 2.45) is 0 Å². The van der Waals surface area contributed by atoms with Crippen molar-refractivity contribution in [3.8, 4) is 0 Å². The van der Waals surface area contributed by atoms with E-state index in [0.29, 0.717) is 19.8 Å². The van der Waals surface area contributed by atoms with Crippen LogP contribution in [0.15, 0.2) is 12.7 Å². The van der Waals surface area contributed by atoms with Crippen LogP contribution in [0.3, 0.4) is 0 Å². The third kappa shape index (κ3) is 9.22. The molecule has 1 unspecified atom stereocenters. The van der Waals surface area contributed by atoms with Crippen molar-refractivity contribution in [2.45, 2.75) is 25.8 Å². The topological polar surface area (TPSA) is 58.6 Å². The molecule has 0 aliphatic carbocycles. The number of carboxylic acid groups (broad SMARTS) is 1. The fourth-order valence-corrected chi connectivity index (χ4v) is 0.980. The normalized spacial score (nSPS) is 12.4. The van der Waals surface area contributed by atoms with Gasteiger partial charge in [-0.25, -0.2) is 0 Å². The zero-order chi connectivity index (χ0) is 10.8. The molecule has 0 aromatic carbocycles. The lowest BCUT2D eigenvalue weighted by molar-refractivity contribution is -0.137. The van der Waals surface area contributed by atoms with Crippen LogP contribution in [-0.2, 0) is 9.53 Å². The molecule has 0 fully saturated rings. The third-order valence-electron chi connectivity index (χ3n) is 1.69. The van der Waals surface area contributed by atoms with Crippen LogP contribution in [-0.4, -0.2) is 36.9 Å². The molecule has 14 heavy (non-hydrogen) atoms. The summed E-state index contributed by atoms with van der Waals surface area (Å²) in [5.74, 6) is -0.780. The molecular weight excluding hydrogens is 182 g/mol. The molecule has 0 amide bonds. The average Bonchev–Trinajstić information content (AvgIpc) is 2.10. The summed E-state index contributed by atoms with van der Waals surface area (Å²) in [4.78, 5) is 10.3. The molecular formula is C10H19NO3. The second kappa shape index (κ2) is 8.72. The van der Waals surface area contributed by atoms with Crippen LogP contribution in [0.2, 0.25) is 0 Å². The Morgan fingerprint density at radius 2 is 2.36 bits per heavy atom. The fraction of sp³-hybridized carbons (Fsp3) is 0.700. The van der Waals surface area contributed by atoms with Crippen LogP contribution < -0.4 is 5.32 Å². The van der Waals surface area contributed by atoms with E-state index in [1.54, 1.807) is 6.08 Å². The average molecular weight is 201 g/mol. The smallest absolute Gasteiger partial charge is 0.304 e. The van der Waals surface area contributed by atoms with Gasteiger partial charge in [-0.05, 0) is 13.3 Å². The molecule has 82 valence electrons. The highest BCUT2D eigenvalue weighted by molar-refractivity contribution is 5.67. The van der Waals surface area contributed by atoms with E-state index in [2.05, 4.69) is 11.9 Å². The van der Waals surface area contributed by atoms with Crippen molar-refractivity contribution < 1.29 is 14.6 Å². The standard InChI is InChI=1S/C10H19NO3/c1-3-4-6-14-7-5-11-9(2)8-10(12)13/h3,9,11H,1,4-8H2,2H3,(H,12,13). The minimum Gasteiger partial charge on any atom is -0.481 e. The van der Waals surface area contributed by atoms with E-state index < -0.39 is 5.97 Å². The molecule has 0 rings (SSSR count). The summed E-state index contributed by atoms with van der Waals surface area (Å²) < 4.78 is 5.25. The lowest BCUT2D eigenvalue weighted by Crippen LogP contribution is -2.31. The van der Waals surface area contributed by atoms with Crippen molar-refractivity contribution in [1.82, 2.24) is 5.32 Å². The van der Waals surface area contributed by atoms with E-state index in [4.69, 9.17) is 9.84 Å². The van der Waals surface area contributed by atoms with E-state index in [1.807, 2.05) is 6.92 Å². The zero-order valence-electron chi connectivity index (χ0n) is 8.66. The van der Waals surface area contributed by atoms with Gasteiger partial charge < -0.3 is 15.2 Å². The van der Waals surface area contributed by atoms with Gasteiger partial charge in [0.1, 0.15) is 0 Å². The zero-order valence-corrected chi connectivity index (χ0v) is 8.66. The van der Waals surface area contributed by atoms with Crippen LogP contribution in [0.1, 0.15) is 19.8 Å². The van der Waals surface area contributed by atoms with Crippen molar-refractivity contribution in [2.75, 3.05) is 19.8 Å². The van der Waals surface area contributed by atoms with Crippen LogP contribution in [0.25, 0.3) is 0 Å². The maximum Gasteiger partial charge on any atom is 0.304 e. The number of hydrogen-bond donors (Lipinski definition) is 2. The molecule has 0 bridgehead atoms. The molecule has 4 heteroatoms. The molecule has 2 N–H and O–H groups in total. The predicted octanol–water partition coefficient (Wildman–Crippen LogP) is 1.03. The molecule has 0 saturated carbocycles. The first-order valence-electron chi connectivity index (χ1n) is 4.80. The van der Waals surface area contributed by atoms with E-state index in [0.717, 1.165) is 6.42 Å². The maximum absolute atomic E-state index is 10.3. The molecule has 0 heterocycles. The van der Waals surface area contributed by atoms with Crippen molar-refractivity contribution in [3.63, 3.8) is 0 Å². The molecule has 1 atom stereocenters. The van der Waals surface area contributed by atoms with Crippen molar-refractivity contribution in [1.29, 1.82) is 0 Å². The minimum absolute atomic E-state index is 0.00416. The SMILES string of the molecule is C=CCCOCCNC(C)CC(=O)O. The van der Waals surface area contributed by atoms with Gasteiger partial charge in [0.2, 0.25) is 0 Å². The minimum atomic E-state index is -0.780. The first-order chi connectivity index (χ1) is 6.66. The Balaban J connectivity index is 3.18. The molecule has 4 nitrogen and oxygen atoms in total. The number of carbonyl (C=O) groups is 1. The molecule has 0 spiro atoms. The van der Waals surface area contributed by atoms with Crippen molar-refractivity contribution >= 4 is 5.97 Å². The second-order valence-corrected chi connectivity index (χ2v) is 3.14. The Kier molecular flexibility index (Phi) is 8.17. The summed E-state index contributed by atoms with van der Waals surface area (Å²) in [6.45, 7) is 7.40. The lowest BCUT2D eigenvalue weighted by Gasteiger charge is -2.10. The van der Waals surface area contributed by atoms with Gasteiger partial charge in [0.05, 0.1) is 19.6 Å². The summed E-state index contributed by atoms with van der Waals surface area (Å²) in [5, 5.41) is 11.5. The quantitative estimate of drug-likeness (QED) is 0.432. The predicted molar refractivity (Wildman–Crippen MR) is 55.4 cm³/mol. The Morgan fingerprint density at radius 1 is 1.64 bits per heavy atom. The van der Waals surface area contributed by atoms with E-state index in [9.17, 15) is 4.79 Å². The number of nitrogens with one attached hydrogen (secondary N) is 1. The summed E-state index contributed by atoms with van der Waals surface area (Å²) >= 11 is 0. The van der Waals surface area contributed by atoms with Gasteiger partial charge in [-0.3, -0.25) is 4.79 Å². The lowest BCUT2D eigenvalue weighted by atomic mass is 10.2.